The zero-order chi connectivity index (χ0) is 11.7. The van der Waals surface area contributed by atoms with Gasteiger partial charge in [0.1, 0.15) is 0 Å². The van der Waals surface area contributed by atoms with Crippen LogP contribution >= 0.6 is 0 Å². The first-order valence-corrected chi connectivity index (χ1v) is 5.33. The largest absolute Gasteiger partial charge is 0.323 e. The Bertz CT molecular complexity index is 479. The van der Waals surface area contributed by atoms with Crippen LogP contribution in [0.2, 0.25) is 0 Å². The summed E-state index contributed by atoms with van der Waals surface area (Å²) in [5.41, 5.74) is 10.0. The van der Waals surface area contributed by atoms with Crippen LogP contribution < -0.4 is 5.73 Å². The molecule has 4 nitrogen and oxygen atoms in total. The summed E-state index contributed by atoms with van der Waals surface area (Å²) in [4.78, 5) is 0. The molecule has 4 heteroatoms. The highest BCUT2D eigenvalue weighted by atomic mass is 15.4. The van der Waals surface area contributed by atoms with Crippen molar-refractivity contribution < 1.29 is 0 Å². The molecule has 1 heterocycles. The van der Waals surface area contributed by atoms with E-state index < -0.39 is 0 Å². The van der Waals surface area contributed by atoms with Gasteiger partial charge in [0.25, 0.3) is 0 Å². The molecule has 0 radical (unpaired) electrons. The van der Waals surface area contributed by atoms with Crippen molar-refractivity contribution in [2.45, 2.75) is 26.8 Å². The molecule has 2 rings (SSSR count). The number of benzene rings is 1. The van der Waals surface area contributed by atoms with Gasteiger partial charge < -0.3 is 5.73 Å². The second-order valence-corrected chi connectivity index (χ2v) is 4.22. The molecule has 0 aliphatic carbocycles. The summed E-state index contributed by atoms with van der Waals surface area (Å²) in [5, 5.41) is 8.12. The normalized spacial score (nSPS) is 12.8. The summed E-state index contributed by atoms with van der Waals surface area (Å²) in [6.45, 7) is 6.04. The van der Waals surface area contributed by atoms with Crippen LogP contribution in [-0.4, -0.2) is 15.0 Å². The Morgan fingerprint density at radius 3 is 2.31 bits per heavy atom. The quantitative estimate of drug-likeness (QED) is 0.834. The van der Waals surface area contributed by atoms with Crippen LogP contribution in [-0.2, 0) is 0 Å². The van der Waals surface area contributed by atoms with Crippen LogP contribution in [0.4, 0.5) is 0 Å². The van der Waals surface area contributed by atoms with Gasteiger partial charge in [-0.2, -0.15) is 0 Å². The predicted octanol–water partition coefficient (Wildman–Crippen LogP) is 1.90. The first-order valence-electron chi connectivity index (χ1n) is 5.33. The molecule has 16 heavy (non-hydrogen) atoms. The minimum atomic E-state index is -0.0837. The van der Waals surface area contributed by atoms with Crippen LogP contribution in [0.1, 0.15) is 29.8 Å². The number of nitrogens with zero attached hydrogens (tertiary/aromatic N) is 3. The van der Waals surface area contributed by atoms with Crippen molar-refractivity contribution in [3.05, 3.63) is 41.2 Å². The molecule has 0 aliphatic heterocycles. The van der Waals surface area contributed by atoms with Gasteiger partial charge in [-0.25, -0.2) is 4.68 Å². The third-order valence-corrected chi connectivity index (χ3v) is 2.45. The molecule has 0 saturated carbocycles. The molecular weight excluding hydrogens is 200 g/mol. The molecule has 84 valence electrons. The Morgan fingerprint density at radius 2 is 1.81 bits per heavy atom. The van der Waals surface area contributed by atoms with E-state index in [1.807, 2.05) is 13.1 Å². The SMILES string of the molecule is Cc1cc(C)cc(-n2cc(C(C)N)nn2)c1. The number of aryl methyl sites for hydroxylation is 2. The molecule has 0 aliphatic rings. The van der Waals surface area contributed by atoms with E-state index in [4.69, 9.17) is 5.73 Å². The zero-order valence-corrected chi connectivity index (χ0v) is 9.81. The Kier molecular flexibility index (Phi) is 2.75. The highest BCUT2D eigenvalue weighted by molar-refractivity contribution is 5.38. The van der Waals surface area contributed by atoms with Gasteiger partial charge in [-0.15, -0.1) is 5.10 Å². The lowest BCUT2D eigenvalue weighted by atomic mass is 10.1. The van der Waals surface area contributed by atoms with Gasteiger partial charge >= 0.3 is 0 Å². The fourth-order valence-corrected chi connectivity index (χ4v) is 1.69. The molecule has 0 bridgehead atoms. The molecule has 1 unspecified atom stereocenters. The molecular formula is C12H16N4. The van der Waals surface area contributed by atoms with Crippen LogP contribution in [0.15, 0.2) is 24.4 Å². The maximum atomic E-state index is 5.75. The highest BCUT2D eigenvalue weighted by Gasteiger charge is 2.06. The lowest BCUT2D eigenvalue weighted by molar-refractivity contribution is 0.756. The lowest BCUT2D eigenvalue weighted by Gasteiger charge is -2.03. The van der Waals surface area contributed by atoms with E-state index in [0.29, 0.717) is 0 Å². The van der Waals surface area contributed by atoms with Crippen molar-refractivity contribution in [3.63, 3.8) is 0 Å². The van der Waals surface area contributed by atoms with Gasteiger partial charge in [-0.3, -0.25) is 0 Å². The van der Waals surface area contributed by atoms with Gasteiger partial charge in [0.15, 0.2) is 0 Å². The van der Waals surface area contributed by atoms with Gasteiger partial charge in [0.2, 0.25) is 0 Å². The monoisotopic (exact) mass is 216 g/mol. The van der Waals surface area contributed by atoms with Crippen LogP contribution in [0.25, 0.3) is 5.69 Å². The van der Waals surface area contributed by atoms with E-state index in [9.17, 15) is 0 Å². The van der Waals surface area contributed by atoms with Crippen molar-refractivity contribution in [3.8, 4) is 5.69 Å². The number of nitrogens with two attached hydrogens (primary N) is 1. The summed E-state index contributed by atoms with van der Waals surface area (Å²) in [7, 11) is 0. The number of hydrogen-bond donors (Lipinski definition) is 1. The first kappa shape index (κ1) is 10.8. The van der Waals surface area contributed by atoms with Crippen molar-refractivity contribution in [2.75, 3.05) is 0 Å². The number of aromatic nitrogens is 3. The maximum Gasteiger partial charge on any atom is 0.0995 e. The van der Waals surface area contributed by atoms with Crippen LogP contribution in [0.3, 0.4) is 0 Å². The summed E-state index contributed by atoms with van der Waals surface area (Å²) in [6, 6.07) is 6.20. The average Bonchev–Trinajstić information content (AvgIpc) is 2.64. The zero-order valence-electron chi connectivity index (χ0n) is 9.81. The lowest BCUT2D eigenvalue weighted by Crippen LogP contribution is -2.04. The summed E-state index contributed by atoms with van der Waals surface area (Å²) in [5.74, 6) is 0. The van der Waals surface area contributed by atoms with E-state index in [1.165, 1.54) is 11.1 Å². The number of hydrogen-bond acceptors (Lipinski definition) is 3. The Labute approximate surface area is 95.1 Å². The van der Waals surface area contributed by atoms with Gasteiger partial charge in [0, 0.05) is 6.04 Å². The smallest absolute Gasteiger partial charge is 0.0995 e. The predicted molar refractivity (Wildman–Crippen MR) is 63.4 cm³/mol. The van der Waals surface area contributed by atoms with Crippen molar-refractivity contribution in [1.82, 2.24) is 15.0 Å². The Balaban J connectivity index is 2.42. The molecule has 2 N–H and O–H groups in total. The molecule has 0 spiro atoms. The van der Waals surface area contributed by atoms with Crippen LogP contribution in [0.5, 0.6) is 0 Å². The van der Waals surface area contributed by atoms with Gasteiger partial charge in [-0.05, 0) is 44.0 Å². The molecule has 1 aromatic carbocycles. The van der Waals surface area contributed by atoms with Crippen molar-refractivity contribution in [1.29, 1.82) is 0 Å². The van der Waals surface area contributed by atoms with Gasteiger partial charge in [-0.1, -0.05) is 11.3 Å². The molecule has 0 fully saturated rings. The molecule has 1 atom stereocenters. The number of rotatable bonds is 2. The van der Waals surface area contributed by atoms with E-state index in [1.54, 1.807) is 4.68 Å². The van der Waals surface area contributed by atoms with Crippen molar-refractivity contribution >= 4 is 0 Å². The second kappa shape index (κ2) is 4.06. The van der Waals surface area contributed by atoms with Gasteiger partial charge in [0.05, 0.1) is 17.6 Å². The fraction of sp³-hybridized carbons (Fsp3) is 0.333. The summed E-state index contributed by atoms with van der Waals surface area (Å²) >= 11 is 0. The fourth-order valence-electron chi connectivity index (χ4n) is 1.69. The molecule has 0 saturated heterocycles. The second-order valence-electron chi connectivity index (χ2n) is 4.22. The highest BCUT2D eigenvalue weighted by Crippen LogP contribution is 2.14. The van der Waals surface area contributed by atoms with E-state index >= 15 is 0 Å². The average molecular weight is 216 g/mol. The minimum Gasteiger partial charge on any atom is -0.323 e. The molecule has 2 aromatic rings. The maximum absolute atomic E-state index is 5.75. The summed E-state index contributed by atoms with van der Waals surface area (Å²) < 4.78 is 1.76. The van der Waals surface area contributed by atoms with E-state index in [2.05, 4.69) is 42.4 Å². The summed E-state index contributed by atoms with van der Waals surface area (Å²) in [6.07, 6.45) is 1.87. The minimum absolute atomic E-state index is 0.0837. The Hall–Kier alpha value is -1.68. The molecule has 0 amide bonds. The third kappa shape index (κ3) is 2.12. The third-order valence-electron chi connectivity index (χ3n) is 2.45. The standard InChI is InChI=1S/C12H16N4/c1-8-4-9(2)6-11(5-8)16-7-12(10(3)13)14-15-16/h4-7,10H,13H2,1-3H3. The van der Waals surface area contributed by atoms with E-state index in [-0.39, 0.29) is 6.04 Å². The first-order chi connectivity index (χ1) is 7.56. The van der Waals surface area contributed by atoms with E-state index in [0.717, 1.165) is 11.4 Å². The molecule has 1 aromatic heterocycles. The topological polar surface area (TPSA) is 56.7 Å². The Morgan fingerprint density at radius 1 is 1.19 bits per heavy atom. The van der Waals surface area contributed by atoms with Crippen molar-refractivity contribution in [2.24, 2.45) is 5.73 Å². The van der Waals surface area contributed by atoms with Crippen LogP contribution in [0, 0.1) is 13.8 Å².